The molecule has 0 bridgehead atoms. The van der Waals surface area contributed by atoms with Crippen molar-refractivity contribution in [3.05, 3.63) is 71.8 Å². The molecule has 1 saturated carbocycles. The molecule has 0 atom stereocenters. The van der Waals surface area contributed by atoms with Crippen molar-refractivity contribution in [1.82, 2.24) is 0 Å². The van der Waals surface area contributed by atoms with E-state index in [9.17, 15) is 0 Å². The SMILES string of the molecule is [c]1ccc(C2CCC(c3cc[c]cc3)CC2)cc1. The van der Waals surface area contributed by atoms with E-state index >= 15 is 0 Å². The highest BCUT2D eigenvalue weighted by Gasteiger charge is 2.22. The van der Waals surface area contributed by atoms with Crippen LogP contribution in [0.5, 0.6) is 0 Å². The Morgan fingerprint density at radius 2 is 0.944 bits per heavy atom. The lowest BCUT2D eigenvalue weighted by atomic mass is 9.76. The summed E-state index contributed by atoms with van der Waals surface area (Å²) < 4.78 is 0. The van der Waals surface area contributed by atoms with Crippen LogP contribution in [0.15, 0.2) is 48.5 Å². The van der Waals surface area contributed by atoms with Gasteiger partial charge in [0.25, 0.3) is 0 Å². The van der Waals surface area contributed by atoms with E-state index in [1.54, 1.807) is 0 Å². The first kappa shape index (κ1) is 11.5. The molecule has 0 nitrogen and oxygen atoms in total. The van der Waals surface area contributed by atoms with E-state index < -0.39 is 0 Å². The van der Waals surface area contributed by atoms with E-state index in [4.69, 9.17) is 0 Å². The zero-order chi connectivity index (χ0) is 12.2. The van der Waals surface area contributed by atoms with E-state index in [1.807, 2.05) is 24.3 Å². The maximum Gasteiger partial charge on any atom is -0.0162 e. The Morgan fingerprint density at radius 3 is 1.28 bits per heavy atom. The van der Waals surface area contributed by atoms with Crippen LogP contribution in [0.4, 0.5) is 0 Å². The molecular formula is C18H18. The van der Waals surface area contributed by atoms with Gasteiger partial charge >= 0.3 is 0 Å². The van der Waals surface area contributed by atoms with E-state index in [-0.39, 0.29) is 0 Å². The third-order valence-electron chi connectivity index (χ3n) is 4.16. The highest BCUT2D eigenvalue weighted by Crippen LogP contribution is 2.40. The number of benzene rings is 2. The molecule has 0 heteroatoms. The standard InChI is InChI=1S/C18H18/c1-3-7-15(8-4-1)17-11-13-18(14-12-17)16-9-5-2-6-10-16/h3-10,17-18H,11-14H2. The molecule has 0 unspecified atom stereocenters. The molecule has 0 aromatic heterocycles. The fourth-order valence-corrected chi connectivity index (χ4v) is 3.10. The molecule has 1 aliphatic carbocycles. The Hall–Kier alpha value is -1.56. The maximum atomic E-state index is 3.10. The molecule has 1 fully saturated rings. The van der Waals surface area contributed by atoms with Gasteiger partial charge in [-0.15, -0.1) is 0 Å². The predicted molar refractivity (Wildman–Crippen MR) is 74.5 cm³/mol. The quantitative estimate of drug-likeness (QED) is 0.704. The largest absolute Gasteiger partial charge is 0.0581 e. The summed E-state index contributed by atoms with van der Waals surface area (Å²) in [7, 11) is 0. The van der Waals surface area contributed by atoms with Crippen LogP contribution >= 0.6 is 0 Å². The summed E-state index contributed by atoms with van der Waals surface area (Å²) in [6.45, 7) is 0. The number of hydrogen-bond donors (Lipinski definition) is 0. The van der Waals surface area contributed by atoms with Gasteiger partial charge in [-0.05, 0) is 60.8 Å². The summed E-state index contributed by atoms with van der Waals surface area (Å²) in [6.07, 6.45) is 5.25. The molecule has 90 valence electrons. The van der Waals surface area contributed by atoms with Crippen LogP contribution in [-0.2, 0) is 0 Å². The Labute approximate surface area is 110 Å². The van der Waals surface area contributed by atoms with Crippen molar-refractivity contribution >= 4 is 0 Å². The van der Waals surface area contributed by atoms with Gasteiger partial charge < -0.3 is 0 Å². The lowest BCUT2D eigenvalue weighted by Crippen LogP contribution is -2.12. The van der Waals surface area contributed by atoms with Crippen molar-refractivity contribution < 1.29 is 0 Å². The van der Waals surface area contributed by atoms with Crippen molar-refractivity contribution in [2.75, 3.05) is 0 Å². The van der Waals surface area contributed by atoms with E-state index in [1.165, 1.54) is 36.8 Å². The minimum atomic E-state index is 0.756. The molecule has 0 saturated heterocycles. The lowest BCUT2D eigenvalue weighted by molar-refractivity contribution is 0.396. The van der Waals surface area contributed by atoms with Crippen LogP contribution < -0.4 is 0 Å². The highest BCUT2D eigenvalue weighted by molar-refractivity contribution is 5.23. The Bertz CT molecular complexity index is 416. The van der Waals surface area contributed by atoms with Crippen LogP contribution in [0.1, 0.15) is 48.6 Å². The Kier molecular flexibility index (Phi) is 3.45. The molecule has 0 aliphatic heterocycles. The highest BCUT2D eigenvalue weighted by atomic mass is 14.3. The van der Waals surface area contributed by atoms with Crippen LogP contribution in [0.3, 0.4) is 0 Å². The molecule has 2 aromatic rings. The van der Waals surface area contributed by atoms with Gasteiger partial charge in [0.2, 0.25) is 0 Å². The zero-order valence-corrected chi connectivity index (χ0v) is 10.6. The average Bonchev–Trinajstić information content (AvgIpc) is 2.49. The topological polar surface area (TPSA) is 0 Å². The van der Waals surface area contributed by atoms with Gasteiger partial charge in [0, 0.05) is 0 Å². The molecule has 3 rings (SSSR count). The molecule has 1 aliphatic rings. The second kappa shape index (κ2) is 5.39. The van der Waals surface area contributed by atoms with Gasteiger partial charge in [-0.3, -0.25) is 0 Å². The van der Waals surface area contributed by atoms with Crippen molar-refractivity contribution in [2.45, 2.75) is 37.5 Å². The van der Waals surface area contributed by atoms with Crippen molar-refractivity contribution in [3.63, 3.8) is 0 Å². The lowest BCUT2D eigenvalue weighted by Gasteiger charge is -2.29. The summed E-state index contributed by atoms with van der Waals surface area (Å²) in [4.78, 5) is 0. The molecule has 18 heavy (non-hydrogen) atoms. The monoisotopic (exact) mass is 234 g/mol. The van der Waals surface area contributed by atoms with Crippen molar-refractivity contribution in [3.8, 4) is 0 Å². The fraction of sp³-hybridized carbons (Fsp3) is 0.333. The first-order chi connectivity index (χ1) is 8.93. The van der Waals surface area contributed by atoms with Crippen LogP contribution in [0.25, 0.3) is 0 Å². The second-order valence-electron chi connectivity index (χ2n) is 5.22. The van der Waals surface area contributed by atoms with Crippen molar-refractivity contribution in [2.24, 2.45) is 0 Å². The average molecular weight is 234 g/mol. The summed E-state index contributed by atoms with van der Waals surface area (Å²) in [5.74, 6) is 1.51. The van der Waals surface area contributed by atoms with E-state index in [0.717, 1.165) is 11.8 Å². The van der Waals surface area contributed by atoms with Gasteiger partial charge in [0.15, 0.2) is 0 Å². The summed E-state index contributed by atoms with van der Waals surface area (Å²) in [5, 5.41) is 0. The predicted octanol–water partition coefficient (Wildman–Crippen LogP) is 4.73. The molecule has 2 radical (unpaired) electrons. The normalized spacial score (nSPS) is 23.8. The zero-order valence-electron chi connectivity index (χ0n) is 10.6. The smallest absolute Gasteiger partial charge is 0.0162 e. The van der Waals surface area contributed by atoms with Gasteiger partial charge in [-0.1, -0.05) is 48.5 Å². The summed E-state index contributed by atoms with van der Waals surface area (Å²) in [6, 6.07) is 23.2. The molecular weight excluding hydrogens is 216 g/mol. The second-order valence-corrected chi connectivity index (χ2v) is 5.22. The Balaban J connectivity index is 1.65. The molecule has 0 spiro atoms. The van der Waals surface area contributed by atoms with Gasteiger partial charge in [-0.25, -0.2) is 0 Å². The van der Waals surface area contributed by atoms with E-state index in [0.29, 0.717) is 0 Å². The fourth-order valence-electron chi connectivity index (χ4n) is 3.10. The first-order valence-electron chi connectivity index (χ1n) is 6.85. The molecule has 2 aromatic carbocycles. The number of rotatable bonds is 2. The molecule has 0 heterocycles. The maximum absolute atomic E-state index is 3.10. The minimum absolute atomic E-state index is 0.756. The van der Waals surface area contributed by atoms with Gasteiger partial charge in [0.1, 0.15) is 0 Å². The Morgan fingerprint density at radius 1 is 0.611 bits per heavy atom. The minimum Gasteiger partial charge on any atom is -0.0581 e. The van der Waals surface area contributed by atoms with Crippen molar-refractivity contribution in [1.29, 1.82) is 0 Å². The number of hydrogen-bond acceptors (Lipinski definition) is 0. The molecule has 0 N–H and O–H groups in total. The third-order valence-corrected chi connectivity index (χ3v) is 4.16. The summed E-state index contributed by atoms with van der Waals surface area (Å²) >= 11 is 0. The molecule has 0 amide bonds. The van der Waals surface area contributed by atoms with Gasteiger partial charge in [0.05, 0.1) is 0 Å². The van der Waals surface area contributed by atoms with Crippen LogP contribution in [0.2, 0.25) is 0 Å². The first-order valence-corrected chi connectivity index (χ1v) is 6.85. The van der Waals surface area contributed by atoms with Crippen LogP contribution in [0, 0.1) is 12.1 Å². The van der Waals surface area contributed by atoms with Crippen LogP contribution in [-0.4, -0.2) is 0 Å². The summed E-state index contributed by atoms with van der Waals surface area (Å²) in [5.41, 5.74) is 2.99. The van der Waals surface area contributed by atoms with Gasteiger partial charge in [-0.2, -0.15) is 0 Å². The van der Waals surface area contributed by atoms with E-state index in [2.05, 4.69) is 36.4 Å². The third kappa shape index (κ3) is 2.48.